The van der Waals surface area contributed by atoms with E-state index in [4.69, 9.17) is 16.7 Å². The van der Waals surface area contributed by atoms with Crippen LogP contribution in [0, 0.1) is 0 Å². The summed E-state index contributed by atoms with van der Waals surface area (Å²) in [5.74, 6) is -0.946. The molecule has 1 rings (SSSR count). The van der Waals surface area contributed by atoms with Crippen LogP contribution in [-0.4, -0.2) is 23.0 Å². The summed E-state index contributed by atoms with van der Waals surface area (Å²) in [5, 5.41) is 9.13. The summed E-state index contributed by atoms with van der Waals surface area (Å²) >= 11 is 5.75. The average molecular weight is 226 g/mol. The van der Waals surface area contributed by atoms with Crippen molar-refractivity contribution in [3.05, 3.63) is 47.1 Å². The van der Waals surface area contributed by atoms with E-state index in [1.54, 1.807) is 4.90 Å². The SMILES string of the molecule is CN(C=CC(=O)O)Cc1ccc(Cl)cc1. The summed E-state index contributed by atoms with van der Waals surface area (Å²) in [6.45, 7) is 0.654. The van der Waals surface area contributed by atoms with E-state index < -0.39 is 5.97 Å². The zero-order chi connectivity index (χ0) is 11.3. The third kappa shape index (κ3) is 4.51. The van der Waals surface area contributed by atoms with E-state index >= 15 is 0 Å². The van der Waals surface area contributed by atoms with Crippen molar-refractivity contribution in [2.75, 3.05) is 7.05 Å². The van der Waals surface area contributed by atoms with Gasteiger partial charge in [-0.1, -0.05) is 23.7 Å². The van der Waals surface area contributed by atoms with E-state index in [2.05, 4.69) is 0 Å². The van der Waals surface area contributed by atoms with E-state index in [9.17, 15) is 4.79 Å². The number of carboxylic acid groups (broad SMARTS) is 1. The molecule has 0 aromatic heterocycles. The summed E-state index contributed by atoms with van der Waals surface area (Å²) in [6.07, 6.45) is 2.63. The average Bonchev–Trinajstić information content (AvgIpc) is 2.19. The van der Waals surface area contributed by atoms with Gasteiger partial charge >= 0.3 is 5.97 Å². The van der Waals surface area contributed by atoms with Crippen LogP contribution in [0.5, 0.6) is 0 Å². The van der Waals surface area contributed by atoms with Gasteiger partial charge in [0.15, 0.2) is 0 Å². The van der Waals surface area contributed by atoms with Gasteiger partial charge in [0.2, 0.25) is 0 Å². The molecule has 4 heteroatoms. The summed E-state index contributed by atoms with van der Waals surface area (Å²) < 4.78 is 0. The number of hydrogen-bond donors (Lipinski definition) is 1. The van der Waals surface area contributed by atoms with Crippen molar-refractivity contribution in [1.82, 2.24) is 4.90 Å². The van der Waals surface area contributed by atoms with Crippen LogP contribution in [0.3, 0.4) is 0 Å². The second-order valence-electron chi connectivity index (χ2n) is 3.20. The summed E-state index contributed by atoms with van der Waals surface area (Å²) in [7, 11) is 1.81. The predicted octanol–water partition coefficient (Wildman–Crippen LogP) is 2.37. The Bertz CT molecular complexity index is 359. The molecule has 0 saturated carbocycles. The molecule has 0 unspecified atom stereocenters. The molecule has 0 spiro atoms. The number of hydrogen-bond acceptors (Lipinski definition) is 2. The van der Waals surface area contributed by atoms with Crippen LogP contribution < -0.4 is 0 Å². The lowest BCUT2D eigenvalue weighted by molar-refractivity contribution is -0.131. The molecule has 80 valence electrons. The molecule has 0 radical (unpaired) electrons. The van der Waals surface area contributed by atoms with E-state index in [1.165, 1.54) is 6.20 Å². The first-order valence-electron chi connectivity index (χ1n) is 4.44. The molecule has 0 bridgehead atoms. The van der Waals surface area contributed by atoms with Crippen molar-refractivity contribution in [1.29, 1.82) is 0 Å². The van der Waals surface area contributed by atoms with Gasteiger partial charge in [0.05, 0.1) is 0 Å². The Balaban J connectivity index is 2.54. The van der Waals surface area contributed by atoms with Crippen molar-refractivity contribution in [3.63, 3.8) is 0 Å². The molecule has 3 nitrogen and oxygen atoms in total. The number of carboxylic acids is 1. The van der Waals surface area contributed by atoms with Crippen LogP contribution >= 0.6 is 11.6 Å². The Labute approximate surface area is 93.6 Å². The van der Waals surface area contributed by atoms with E-state index in [0.717, 1.165) is 11.6 Å². The smallest absolute Gasteiger partial charge is 0.329 e. The number of halogens is 1. The number of carbonyl (C=O) groups is 1. The van der Waals surface area contributed by atoms with Crippen LogP contribution in [0.2, 0.25) is 5.02 Å². The lowest BCUT2D eigenvalue weighted by atomic mass is 10.2. The van der Waals surface area contributed by atoms with Crippen molar-refractivity contribution in [2.45, 2.75) is 6.54 Å². The fourth-order valence-corrected chi connectivity index (χ4v) is 1.25. The Morgan fingerprint density at radius 1 is 1.47 bits per heavy atom. The minimum absolute atomic E-state index is 0.654. The van der Waals surface area contributed by atoms with E-state index in [1.807, 2.05) is 31.3 Å². The van der Waals surface area contributed by atoms with E-state index in [0.29, 0.717) is 11.6 Å². The lowest BCUT2D eigenvalue weighted by Crippen LogP contribution is -2.10. The van der Waals surface area contributed by atoms with Gasteiger partial charge in [0.1, 0.15) is 0 Å². The molecule has 0 atom stereocenters. The molecule has 1 aromatic carbocycles. The molecule has 0 aliphatic carbocycles. The van der Waals surface area contributed by atoms with Gasteiger partial charge in [0, 0.05) is 30.9 Å². The van der Waals surface area contributed by atoms with E-state index in [-0.39, 0.29) is 0 Å². The van der Waals surface area contributed by atoms with Crippen LogP contribution in [0.4, 0.5) is 0 Å². The minimum Gasteiger partial charge on any atom is -0.478 e. The van der Waals surface area contributed by atoms with Gasteiger partial charge in [0.25, 0.3) is 0 Å². The maximum atomic E-state index is 10.3. The first-order valence-corrected chi connectivity index (χ1v) is 4.81. The van der Waals surface area contributed by atoms with Crippen LogP contribution in [-0.2, 0) is 11.3 Å². The van der Waals surface area contributed by atoms with Gasteiger partial charge in [-0.25, -0.2) is 4.79 Å². The predicted molar refractivity (Wildman–Crippen MR) is 59.7 cm³/mol. The van der Waals surface area contributed by atoms with Crippen LogP contribution in [0.1, 0.15) is 5.56 Å². The molecule has 0 fully saturated rings. The number of rotatable bonds is 4. The van der Waals surface area contributed by atoms with Crippen molar-refractivity contribution in [3.8, 4) is 0 Å². The minimum atomic E-state index is -0.946. The zero-order valence-corrected chi connectivity index (χ0v) is 9.11. The van der Waals surface area contributed by atoms with Gasteiger partial charge < -0.3 is 10.0 Å². The van der Waals surface area contributed by atoms with Crippen molar-refractivity contribution >= 4 is 17.6 Å². The fourth-order valence-electron chi connectivity index (χ4n) is 1.12. The molecular formula is C11H12ClNO2. The first kappa shape index (κ1) is 11.6. The Kier molecular flexibility index (Phi) is 4.18. The van der Waals surface area contributed by atoms with Crippen molar-refractivity contribution in [2.24, 2.45) is 0 Å². The molecule has 0 amide bonds. The topological polar surface area (TPSA) is 40.5 Å². The Morgan fingerprint density at radius 3 is 2.60 bits per heavy atom. The Hall–Kier alpha value is -1.48. The highest BCUT2D eigenvalue weighted by Gasteiger charge is 1.96. The molecule has 0 heterocycles. The largest absolute Gasteiger partial charge is 0.478 e. The number of nitrogens with zero attached hydrogens (tertiary/aromatic N) is 1. The monoisotopic (exact) mass is 225 g/mol. The quantitative estimate of drug-likeness (QED) is 0.800. The number of aliphatic carboxylic acids is 1. The second-order valence-corrected chi connectivity index (χ2v) is 3.63. The molecule has 15 heavy (non-hydrogen) atoms. The molecular weight excluding hydrogens is 214 g/mol. The highest BCUT2D eigenvalue weighted by molar-refractivity contribution is 6.30. The highest BCUT2D eigenvalue weighted by atomic mass is 35.5. The van der Waals surface area contributed by atoms with Crippen LogP contribution in [0.25, 0.3) is 0 Å². The third-order valence-electron chi connectivity index (χ3n) is 1.82. The maximum Gasteiger partial charge on any atom is 0.329 e. The first-order chi connectivity index (χ1) is 7.08. The van der Waals surface area contributed by atoms with Crippen LogP contribution in [0.15, 0.2) is 36.5 Å². The normalized spacial score (nSPS) is 10.5. The summed E-state index contributed by atoms with van der Waals surface area (Å²) in [5.41, 5.74) is 1.08. The highest BCUT2D eigenvalue weighted by Crippen LogP contribution is 2.10. The number of benzene rings is 1. The van der Waals surface area contributed by atoms with Gasteiger partial charge in [-0.05, 0) is 17.7 Å². The standard InChI is InChI=1S/C11H12ClNO2/c1-13(7-6-11(14)15)8-9-2-4-10(12)5-3-9/h2-7H,8H2,1H3,(H,14,15). The molecule has 0 aliphatic heterocycles. The summed E-state index contributed by atoms with van der Waals surface area (Å²) in [4.78, 5) is 12.1. The van der Waals surface area contributed by atoms with Crippen molar-refractivity contribution < 1.29 is 9.90 Å². The second kappa shape index (κ2) is 5.41. The molecule has 1 N–H and O–H groups in total. The third-order valence-corrected chi connectivity index (χ3v) is 2.07. The maximum absolute atomic E-state index is 10.3. The summed E-state index contributed by atoms with van der Waals surface area (Å²) in [6, 6.07) is 7.44. The van der Waals surface area contributed by atoms with Gasteiger partial charge in [-0.15, -0.1) is 0 Å². The molecule has 0 saturated heterocycles. The molecule has 0 aliphatic rings. The Morgan fingerprint density at radius 2 is 2.07 bits per heavy atom. The fraction of sp³-hybridized carbons (Fsp3) is 0.182. The molecule has 1 aromatic rings. The zero-order valence-electron chi connectivity index (χ0n) is 8.35. The van der Waals surface area contributed by atoms with Gasteiger partial charge in [-0.3, -0.25) is 0 Å². The lowest BCUT2D eigenvalue weighted by Gasteiger charge is -2.13. The van der Waals surface area contributed by atoms with Gasteiger partial charge in [-0.2, -0.15) is 0 Å².